The van der Waals surface area contributed by atoms with E-state index in [0.717, 1.165) is 25.0 Å². The summed E-state index contributed by atoms with van der Waals surface area (Å²) in [6, 6.07) is 16.3. The lowest BCUT2D eigenvalue weighted by Gasteiger charge is -2.42. The van der Waals surface area contributed by atoms with Crippen LogP contribution in [0.4, 0.5) is 0 Å². The second kappa shape index (κ2) is 9.65. The Morgan fingerprint density at radius 1 is 0.938 bits per heavy atom. The van der Waals surface area contributed by atoms with Gasteiger partial charge in [0.1, 0.15) is 0 Å². The van der Waals surface area contributed by atoms with Crippen LogP contribution in [0.15, 0.2) is 59.2 Å². The lowest BCUT2D eigenvalue weighted by atomic mass is 9.63. The van der Waals surface area contributed by atoms with Crippen LogP contribution in [-0.2, 0) is 23.7 Å². The van der Waals surface area contributed by atoms with Gasteiger partial charge in [-0.15, -0.1) is 0 Å². The Morgan fingerprint density at radius 3 is 2.09 bits per heavy atom. The summed E-state index contributed by atoms with van der Waals surface area (Å²) in [6.45, 7) is 15.9. The quantitative estimate of drug-likeness (QED) is 0.356. The zero-order valence-electron chi connectivity index (χ0n) is 21.3. The fourth-order valence-electron chi connectivity index (χ4n) is 4.97. The van der Waals surface area contributed by atoms with Crippen molar-refractivity contribution in [3.63, 3.8) is 0 Å². The van der Waals surface area contributed by atoms with Crippen molar-refractivity contribution in [2.45, 2.75) is 97.3 Å². The molecular formula is C30H42N2. The molecule has 2 aromatic rings. The van der Waals surface area contributed by atoms with Crippen LogP contribution in [-0.4, -0.2) is 5.84 Å². The number of hydrogen-bond acceptors (Lipinski definition) is 1. The highest BCUT2D eigenvalue weighted by Gasteiger charge is 2.37. The first-order valence-corrected chi connectivity index (χ1v) is 12.3. The smallest absolute Gasteiger partial charge is 0.0989 e. The molecule has 0 aromatic heterocycles. The molecule has 0 radical (unpaired) electrons. The SMILES string of the molecule is C/C=C(\N=C(N)CC)C(Cc1ccc2c(c1)C(C)(C)CCC2(C)C)c1ccc(CC)cc1. The van der Waals surface area contributed by atoms with E-state index in [4.69, 9.17) is 10.7 Å². The Labute approximate surface area is 196 Å². The molecule has 0 bridgehead atoms. The highest BCUT2D eigenvalue weighted by atomic mass is 14.9. The van der Waals surface area contributed by atoms with Crippen molar-refractivity contribution < 1.29 is 0 Å². The number of aliphatic imine (C=N–C) groups is 1. The summed E-state index contributed by atoms with van der Waals surface area (Å²) < 4.78 is 0. The van der Waals surface area contributed by atoms with Gasteiger partial charge in [0.05, 0.1) is 5.84 Å². The van der Waals surface area contributed by atoms with E-state index in [0.29, 0.717) is 5.84 Å². The Balaban J connectivity index is 2.05. The van der Waals surface area contributed by atoms with Crippen LogP contribution in [0.2, 0.25) is 0 Å². The average Bonchev–Trinajstić information content (AvgIpc) is 2.79. The van der Waals surface area contributed by atoms with Gasteiger partial charge in [-0.1, -0.05) is 90.1 Å². The second-order valence-electron chi connectivity index (χ2n) is 10.7. The second-order valence-corrected chi connectivity index (χ2v) is 10.7. The summed E-state index contributed by atoms with van der Waals surface area (Å²) in [5, 5.41) is 0. The first-order chi connectivity index (χ1) is 15.1. The molecule has 2 N–H and O–H groups in total. The molecule has 1 unspecified atom stereocenters. The van der Waals surface area contributed by atoms with Crippen molar-refractivity contribution in [1.29, 1.82) is 0 Å². The van der Waals surface area contributed by atoms with Gasteiger partial charge in [0.15, 0.2) is 0 Å². The number of aryl methyl sites for hydroxylation is 1. The number of benzene rings is 2. The number of amidine groups is 1. The molecule has 1 aliphatic rings. The summed E-state index contributed by atoms with van der Waals surface area (Å²) in [5.41, 5.74) is 14.8. The molecule has 1 aliphatic carbocycles. The number of fused-ring (bicyclic) bond motifs is 1. The minimum absolute atomic E-state index is 0.189. The number of nitrogens with zero attached hydrogens (tertiary/aromatic N) is 1. The molecule has 0 spiro atoms. The van der Waals surface area contributed by atoms with Crippen LogP contribution in [0.3, 0.4) is 0 Å². The van der Waals surface area contributed by atoms with Crippen molar-refractivity contribution in [2.75, 3.05) is 0 Å². The van der Waals surface area contributed by atoms with Crippen LogP contribution in [0, 0.1) is 0 Å². The first kappa shape index (κ1) is 24.3. The van der Waals surface area contributed by atoms with E-state index in [2.05, 4.69) is 97.0 Å². The van der Waals surface area contributed by atoms with Crippen LogP contribution < -0.4 is 5.73 Å². The zero-order chi connectivity index (χ0) is 23.5. The molecule has 1 atom stereocenters. The summed E-state index contributed by atoms with van der Waals surface area (Å²) in [5.74, 6) is 0.885. The van der Waals surface area contributed by atoms with Crippen LogP contribution >= 0.6 is 0 Å². The van der Waals surface area contributed by atoms with Crippen molar-refractivity contribution in [2.24, 2.45) is 10.7 Å². The molecule has 3 rings (SSSR count). The van der Waals surface area contributed by atoms with Crippen LogP contribution in [0.25, 0.3) is 0 Å². The third kappa shape index (κ3) is 5.17. The molecule has 0 saturated carbocycles. The Hall–Kier alpha value is -2.35. The zero-order valence-corrected chi connectivity index (χ0v) is 21.3. The van der Waals surface area contributed by atoms with Crippen molar-refractivity contribution >= 4 is 5.84 Å². The summed E-state index contributed by atoms with van der Waals surface area (Å²) in [4.78, 5) is 4.82. The van der Waals surface area contributed by atoms with Gasteiger partial charge in [-0.3, -0.25) is 0 Å². The van der Waals surface area contributed by atoms with Crippen molar-refractivity contribution in [3.05, 3.63) is 82.1 Å². The summed E-state index contributed by atoms with van der Waals surface area (Å²) in [7, 11) is 0. The molecule has 0 saturated heterocycles. The van der Waals surface area contributed by atoms with Gasteiger partial charge in [0.2, 0.25) is 0 Å². The predicted octanol–water partition coefficient (Wildman–Crippen LogP) is 7.60. The monoisotopic (exact) mass is 430 g/mol. The van der Waals surface area contributed by atoms with Crippen molar-refractivity contribution in [3.8, 4) is 0 Å². The Bertz CT molecular complexity index is 990. The van der Waals surface area contributed by atoms with E-state index in [9.17, 15) is 0 Å². The number of rotatable bonds is 7. The van der Waals surface area contributed by atoms with E-state index in [1.807, 2.05) is 0 Å². The van der Waals surface area contributed by atoms with E-state index in [1.165, 1.54) is 40.7 Å². The van der Waals surface area contributed by atoms with E-state index in [1.54, 1.807) is 0 Å². The highest BCUT2D eigenvalue weighted by Crippen LogP contribution is 2.46. The van der Waals surface area contributed by atoms with E-state index in [-0.39, 0.29) is 16.7 Å². The van der Waals surface area contributed by atoms with Crippen LogP contribution in [0.5, 0.6) is 0 Å². The normalized spacial score (nSPS) is 18.8. The van der Waals surface area contributed by atoms with E-state index < -0.39 is 0 Å². The Morgan fingerprint density at radius 2 is 1.53 bits per heavy atom. The average molecular weight is 431 g/mol. The summed E-state index contributed by atoms with van der Waals surface area (Å²) >= 11 is 0. The third-order valence-corrected chi connectivity index (χ3v) is 7.44. The molecule has 32 heavy (non-hydrogen) atoms. The van der Waals surface area contributed by atoms with Gasteiger partial charge in [-0.2, -0.15) is 0 Å². The van der Waals surface area contributed by atoms with Gasteiger partial charge >= 0.3 is 0 Å². The fourth-order valence-corrected chi connectivity index (χ4v) is 4.97. The topological polar surface area (TPSA) is 38.4 Å². The van der Waals surface area contributed by atoms with Crippen LogP contribution in [0.1, 0.15) is 101 Å². The maximum absolute atomic E-state index is 6.17. The minimum Gasteiger partial charge on any atom is -0.387 e. The molecule has 172 valence electrons. The molecule has 0 aliphatic heterocycles. The summed E-state index contributed by atoms with van der Waals surface area (Å²) in [6.07, 6.45) is 7.35. The number of allylic oxidation sites excluding steroid dienone is 2. The van der Waals surface area contributed by atoms with Gasteiger partial charge in [-0.05, 0) is 71.3 Å². The van der Waals surface area contributed by atoms with Gasteiger partial charge in [0.25, 0.3) is 0 Å². The number of hydrogen-bond donors (Lipinski definition) is 1. The van der Waals surface area contributed by atoms with Crippen molar-refractivity contribution in [1.82, 2.24) is 0 Å². The molecule has 0 amide bonds. The first-order valence-electron chi connectivity index (χ1n) is 12.3. The van der Waals surface area contributed by atoms with Gasteiger partial charge in [-0.25, -0.2) is 4.99 Å². The highest BCUT2D eigenvalue weighted by molar-refractivity contribution is 5.81. The van der Waals surface area contributed by atoms with Gasteiger partial charge < -0.3 is 5.73 Å². The number of nitrogens with two attached hydrogens (primary N) is 1. The molecular weight excluding hydrogens is 388 g/mol. The molecule has 2 nitrogen and oxygen atoms in total. The standard InChI is InChI=1S/C30H42N2/c1-8-21-11-14-23(15-12-21)24(27(9-2)32-28(31)10-3)19-22-13-16-25-26(20-22)30(6,7)18-17-29(25,4)5/h9,11-16,20,24H,8,10,17-19H2,1-7H3,(H2,31,32)/b27-9-. The van der Waals surface area contributed by atoms with Gasteiger partial charge in [0, 0.05) is 18.0 Å². The fraction of sp³-hybridized carbons (Fsp3) is 0.500. The third-order valence-electron chi connectivity index (χ3n) is 7.44. The maximum Gasteiger partial charge on any atom is 0.0989 e. The molecule has 0 heterocycles. The molecule has 2 heteroatoms. The predicted molar refractivity (Wildman–Crippen MR) is 140 cm³/mol. The maximum atomic E-state index is 6.17. The largest absolute Gasteiger partial charge is 0.387 e. The molecule has 2 aromatic carbocycles. The molecule has 0 fully saturated rings. The lowest BCUT2D eigenvalue weighted by molar-refractivity contribution is 0.331. The Kier molecular flexibility index (Phi) is 7.32. The lowest BCUT2D eigenvalue weighted by Crippen LogP contribution is -2.33. The van der Waals surface area contributed by atoms with E-state index >= 15 is 0 Å². The minimum atomic E-state index is 0.189.